The van der Waals surface area contributed by atoms with Gasteiger partial charge in [0.05, 0.1) is 0 Å². The van der Waals surface area contributed by atoms with Gasteiger partial charge in [0, 0.05) is 12.3 Å². The SMILES string of the molecule is CCCCC/C(CC)=N/CCCCC(CC)CCC[C@@H](C)CCCC(C)CCCC. The molecule has 180 valence electrons. The molecule has 0 aromatic carbocycles. The van der Waals surface area contributed by atoms with Crippen molar-refractivity contribution in [2.45, 2.75) is 157 Å². The van der Waals surface area contributed by atoms with Gasteiger partial charge in [0.25, 0.3) is 0 Å². The summed E-state index contributed by atoms with van der Waals surface area (Å²) in [5.41, 5.74) is 1.46. The number of hydrogen-bond donors (Lipinski definition) is 0. The van der Waals surface area contributed by atoms with Gasteiger partial charge in [0.2, 0.25) is 0 Å². The average Bonchev–Trinajstić information content (AvgIpc) is 2.74. The van der Waals surface area contributed by atoms with Gasteiger partial charge in [-0.05, 0) is 43.4 Å². The van der Waals surface area contributed by atoms with Crippen molar-refractivity contribution >= 4 is 5.71 Å². The minimum Gasteiger partial charge on any atom is -0.294 e. The monoisotopic (exact) mass is 421 g/mol. The second-order valence-electron chi connectivity index (χ2n) is 10.2. The van der Waals surface area contributed by atoms with Gasteiger partial charge in [-0.2, -0.15) is 0 Å². The average molecular weight is 422 g/mol. The van der Waals surface area contributed by atoms with E-state index in [0.29, 0.717) is 0 Å². The fourth-order valence-corrected chi connectivity index (χ4v) is 4.69. The Morgan fingerprint density at radius 3 is 1.73 bits per heavy atom. The van der Waals surface area contributed by atoms with Crippen LogP contribution in [0.4, 0.5) is 0 Å². The molecule has 0 heterocycles. The van der Waals surface area contributed by atoms with E-state index >= 15 is 0 Å². The zero-order chi connectivity index (χ0) is 22.5. The zero-order valence-corrected chi connectivity index (χ0v) is 22.1. The Morgan fingerprint density at radius 2 is 1.17 bits per heavy atom. The normalized spacial score (nSPS) is 15.3. The van der Waals surface area contributed by atoms with Crippen molar-refractivity contribution in [3.8, 4) is 0 Å². The smallest absolute Gasteiger partial charge is 0.0388 e. The zero-order valence-electron chi connectivity index (χ0n) is 22.1. The van der Waals surface area contributed by atoms with Gasteiger partial charge in [-0.3, -0.25) is 4.99 Å². The molecular weight excluding hydrogens is 362 g/mol. The van der Waals surface area contributed by atoms with Crippen molar-refractivity contribution in [2.24, 2.45) is 22.7 Å². The Bertz CT molecular complexity index is 373. The van der Waals surface area contributed by atoms with Crippen LogP contribution in [0.1, 0.15) is 157 Å². The van der Waals surface area contributed by atoms with Crippen LogP contribution in [0.3, 0.4) is 0 Å². The van der Waals surface area contributed by atoms with Gasteiger partial charge in [0.15, 0.2) is 0 Å². The molecular formula is C29H59N. The fourth-order valence-electron chi connectivity index (χ4n) is 4.69. The van der Waals surface area contributed by atoms with Crippen LogP contribution in [-0.2, 0) is 0 Å². The van der Waals surface area contributed by atoms with E-state index in [9.17, 15) is 0 Å². The molecule has 0 saturated carbocycles. The highest BCUT2D eigenvalue weighted by Gasteiger charge is 2.09. The van der Waals surface area contributed by atoms with Crippen molar-refractivity contribution in [3.05, 3.63) is 0 Å². The van der Waals surface area contributed by atoms with Crippen molar-refractivity contribution in [2.75, 3.05) is 6.54 Å². The molecule has 0 aliphatic heterocycles. The lowest BCUT2D eigenvalue weighted by Gasteiger charge is -2.17. The summed E-state index contributed by atoms with van der Waals surface area (Å²) in [5, 5.41) is 0. The van der Waals surface area contributed by atoms with Crippen molar-refractivity contribution < 1.29 is 0 Å². The Hall–Kier alpha value is -0.330. The van der Waals surface area contributed by atoms with Crippen LogP contribution in [0.2, 0.25) is 0 Å². The summed E-state index contributed by atoms with van der Waals surface area (Å²) in [6, 6.07) is 0. The maximum absolute atomic E-state index is 4.90. The number of aliphatic imine (C=N–C) groups is 1. The molecule has 0 aromatic rings. The van der Waals surface area contributed by atoms with Crippen LogP contribution in [0.5, 0.6) is 0 Å². The molecule has 0 saturated heterocycles. The molecule has 0 aromatic heterocycles. The van der Waals surface area contributed by atoms with Gasteiger partial charge in [-0.25, -0.2) is 0 Å². The predicted octanol–water partition coefficient (Wildman–Crippen LogP) is 10.4. The van der Waals surface area contributed by atoms with Crippen molar-refractivity contribution in [1.29, 1.82) is 0 Å². The minimum absolute atomic E-state index is 0.926. The molecule has 0 amide bonds. The number of unbranched alkanes of at least 4 members (excludes halogenated alkanes) is 4. The minimum atomic E-state index is 0.926. The second-order valence-corrected chi connectivity index (χ2v) is 10.2. The molecule has 0 bridgehead atoms. The number of nitrogens with zero attached hydrogens (tertiary/aromatic N) is 1. The Labute approximate surface area is 192 Å². The van der Waals surface area contributed by atoms with E-state index in [4.69, 9.17) is 4.99 Å². The largest absolute Gasteiger partial charge is 0.294 e. The first kappa shape index (κ1) is 29.7. The Morgan fingerprint density at radius 1 is 0.600 bits per heavy atom. The lowest BCUT2D eigenvalue weighted by atomic mass is 9.89. The van der Waals surface area contributed by atoms with E-state index < -0.39 is 0 Å². The first-order valence-electron chi connectivity index (χ1n) is 14.1. The van der Waals surface area contributed by atoms with Crippen LogP contribution in [0.25, 0.3) is 0 Å². The maximum Gasteiger partial charge on any atom is 0.0388 e. The number of rotatable bonds is 22. The van der Waals surface area contributed by atoms with E-state index in [0.717, 1.165) is 30.7 Å². The lowest BCUT2D eigenvalue weighted by Crippen LogP contribution is -2.03. The summed E-state index contributed by atoms with van der Waals surface area (Å²) in [7, 11) is 0. The van der Waals surface area contributed by atoms with E-state index in [1.54, 1.807) is 0 Å². The van der Waals surface area contributed by atoms with Crippen LogP contribution in [0, 0.1) is 17.8 Å². The third kappa shape index (κ3) is 18.4. The molecule has 0 rings (SSSR count). The van der Waals surface area contributed by atoms with Gasteiger partial charge >= 0.3 is 0 Å². The summed E-state index contributed by atoms with van der Waals surface area (Å²) in [4.78, 5) is 4.90. The van der Waals surface area contributed by atoms with E-state index in [-0.39, 0.29) is 0 Å². The summed E-state index contributed by atoms with van der Waals surface area (Å²) in [6.45, 7) is 15.3. The Balaban J connectivity index is 3.80. The van der Waals surface area contributed by atoms with Gasteiger partial charge in [0.1, 0.15) is 0 Å². The first-order chi connectivity index (χ1) is 14.6. The summed E-state index contributed by atoms with van der Waals surface area (Å²) in [6.07, 6.45) is 24.7. The Kier molecular flexibility index (Phi) is 21.6. The second kappa shape index (κ2) is 21.9. The van der Waals surface area contributed by atoms with Crippen molar-refractivity contribution in [1.82, 2.24) is 0 Å². The molecule has 2 unspecified atom stereocenters. The van der Waals surface area contributed by atoms with Crippen LogP contribution in [0.15, 0.2) is 4.99 Å². The van der Waals surface area contributed by atoms with E-state index in [1.165, 1.54) is 115 Å². The molecule has 0 spiro atoms. The summed E-state index contributed by atoms with van der Waals surface area (Å²) in [5.74, 6) is 2.82. The quantitative estimate of drug-likeness (QED) is 0.122. The fraction of sp³-hybridized carbons (Fsp3) is 0.966. The maximum atomic E-state index is 4.90. The molecule has 0 fully saturated rings. The molecule has 3 atom stereocenters. The van der Waals surface area contributed by atoms with E-state index in [2.05, 4.69) is 41.5 Å². The molecule has 30 heavy (non-hydrogen) atoms. The van der Waals surface area contributed by atoms with Gasteiger partial charge in [-0.1, -0.05) is 131 Å². The highest BCUT2D eigenvalue weighted by molar-refractivity contribution is 5.84. The van der Waals surface area contributed by atoms with Gasteiger partial charge in [-0.15, -0.1) is 0 Å². The standard InChI is InChI=1S/C29H59N/c1-7-11-13-24-29(10-4)30-25-15-14-22-28(9-3)23-17-21-27(6)20-16-19-26(5)18-12-8-2/h26-28H,7-25H2,1-6H3/b30-29+/t26?,27-,28?/m0/s1. The van der Waals surface area contributed by atoms with Gasteiger partial charge < -0.3 is 0 Å². The molecule has 1 heteroatoms. The van der Waals surface area contributed by atoms with Crippen LogP contribution < -0.4 is 0 Å². The van der Waals surface area contributed by atoms with Crippen LogP contribution >= 0.6 is 0 Å². The lowest BCUT2D eigenvalue weighted by molar-refractivity contribution is 0.361. The topological polar surface area (TPSA) is 12.4 Å². The van der Waals surface area contributed by atoms with E-state index in [1.807, 2.05) is 0 Å². The molecule has 1 nitrogen and oxygen atoms in total. The predicted molar refractivity (Wildman–Crippen MR) is 140 cm³/mol. The highest BCUT2D eigenvalue weighted by atomic mass is 14.7. The van der Waals surface area contributed by atoms with Crippen LogP contribution in [-0.4, -0.2) is 12.3 Å². The first-order valence-corrected chi connectivity index (χ1v) is 14.1. The molecule has 0 aliphatic rings. The molecule has 0 aliphatic carbocycles. The summed E-state index contributed by atoms with van der Waals surface area (Å²) < 4.78 is 0. The molecule has 0 N–H and O–H groups in total. The third-order valence-corrected chi connectivity index (χ3v) is 7.16. The highest BCUT2D eigenvalue weighted by Crippen LogP contribution is 2.24. The summed E-state index contributed by atoms with van der Waals surface area (Å²) >= 11 is 0. The third-order valence-electron chi connectivity index (χ3n) is 7.16. The van der Waals surface area contributed by atoms with Crippen molar-refractivity contribution in [3.63, 3.8) is 0 Å². The molecule has 0 radical (unpaired) electrons. The number of hydrogen-bond acceptors (Lipinski definition) is 1.